The van der Waals surface area contributed by atoms with Crippen LogP contribution in [0.1, 0.15) is 78.6 Å². The Bertz CT molecular complexity index is 1040. The molecule has 2 heterocycles. The van der Waals surface area contributed by atoms with Crippen molar-refractivity contribution < 1.29 is 62.5 Å². The summed E-state index contributed by atoms with van der Waals surface area (Å²) in [5.41, 5.74) is 0. The van der Waals surface area contributed by atoms with Crippen molar-refractivity contribution in [1.29, 1.82) is 0 Å². The Morgan fingerprint density at radius 2 is 1.58 bits per heavy atom. The Labute approximate surface area is 281 Å². The predicted molar refractivity (Wildman–Crippen MR) is 167 cm³/mol. The molecule has 0 bridgehead atoms. The first-order valence-electron chi connectivity index (χ1n) is 17.4. The van der Waals surface area contributed by atoms with E-state index in [1.165, 1.54) is 18.7 Å². The number of carbonyl (C=O) groups excluding carboxylic acids is 2. The smallest absolute Gasteiger partial charge is 0.251 e. The largest absolute Gasteiger partial charge is 0.394 e. The zero-order valence-electron chi connectivity index (χ0n) is 28.7. The number of hydrogen-bond donors (Lipinski definition) is 5. The van der Waals surface area contributed by atoms with Crippen LogP contribution in [-0.4, -0.2) is 138 Å². The van der Waals surface area contributed by atoms with E-state index in [4.69, 9.17) is 23.7 Å². The molecule has 5 N–H and O–H groups in total. The molecule has 4 rings (SSSR count). The Kier molecular flexibility index (Phi) is 14.4. The molecule has 2 saturated carbocycles. The lowest BCUT2D eigenvalue weighted by Crippen LogP contribution is -2.67. The number of likely N-dealkylation sites (N-methyl/N-ethyl adjacent to an activating group) is 1. The first kappa shape index (κ1) is 39.2. The molecule has 15 heteroatoms. The normalized spacial score (nSPS) is 40.4. The van der Waals surface area contributed by atoms with E-state index in [1.807, 2.05) is 6.92 Å². The van der Waals surface area contributed by atoms with Crippen molar-refractivity contribution in [1.82, 2.24) is 10.2 Å². The molecule has 2 aliphatic carbocycles. The summed E-state index contributed by atoms with van der Waals surface area (Å²) in [4.78, 5) is 27.3. The SMILES string of the molecule is CC(=O)NC1C(OC2CCCC(C)C2OC2OC(C)C(O)C(C(F)F)C2O)OC(CO)C(O)C1O[C@@H](CC1CCCCC1)C(=O)N(C)C. The molecule has 4 fully saturated rings. The van der Waals surface area contributed by atoms with E-state index in [-0.39, 0.29) is 17.7 Å². The minimum Gasteiger partial charge on any atom is -0.394 e. The van der Waals surface area contributed by atoms with Crippen molar-refractivity contribution in [2.75, 3.05) is 20.7 Å². The number of amides is 2. The molecule has 0 aromatic rings. The van der Waals surface area contributed by atoms with Gasteiger partial charge in [0.15, 0.2) is 12.6 Å². The second-order valence-electron chi connectivity index (χ2n) is 14.3. The zero-order chi connectivity index (χ0) is 35.3. The van der Waals surface area contributed by atoms with Gasteiger partial charge in [0.25, 0.3) is 5.91 Å². The molecule has 0 aromatic carbocycles. The fourth-order valence-electron chi connectivity index (χ4n) is 7.66. The number of halogens is 2. The highest BCUT2D eigenvalue weighted by molar-refractivity contribution is 5.80. The maximum absolute atomic E-state index is 13.8. The van der Waals surface area contributed by atoms with Crippen LogP contribution in [-0.2, 0) is 33.3 Å². The van der Waals surface area contributed by atoms with Gasteiger partial charge in [0, 0.05) is 21.0 Å². The highest BCUT2D eigenvalue weighted by Gasteiger charge is 2.52. The standard InChI is InChI=1S/C33H56F2N2O11/c1-16-10-9-13-20(28(16)48-33-27(42)23(30(34)35)25(40)17(2)44-33)46-32-24(36-18(3)39)29(26(41)22(15-38)47-32)45-21(31(43)37(4)5)14-19-11-7-6-8-12-19/h16-17,19-30,32-33,38,40-42H,6-15H2,1-5H3,(H,36,39)/t16?,17?,20?,21-,22?,23?,24?,25?,26?,27?,28?,29?,32?,33?/m0/s1. The highest BCUT2D eigenvalue weighted by Crippen LogP contribution is 2.38. The lowest BCUT2D eigenvalue weighted by atomic mass is 9.84. The van der Waals surface area contributed by atoms with Crippen LogP contribution < -0.4 is 5.32 Å². The topological polar surface area (TPSA) is 176 Å². The van der Waals surface area contributed by atoms with Gasteiger partial charge in [-0.25, -0.2) is 8.78 Å². The maximum atomic E-state index is 13.8. The molecular formula is C33H56F2N2O11. The second kappa shape index (κ2) is 17.6. The Morgan fingerprint density at radius 1 is 0.896 bits per heavy atom. The third-order valence-corrected chi connectivity index (χ3v) is 10.4. The molecule has 0 spiro atoms. The van der Waals surface area contributed by atoms with Gasteiger partial charge in [0.2, 0.25) is 12.3 Å². The number of hydrogen-bond acceptors (Lipinski definition) is 11. The number of nitrogens with zero attached hydrogens (tertiary/aromatic N) is 1. The molecule has 2 saturated heterocycles. The van der Waals surface area contributed by atoms with E-state index >= 15 is 0 Å². The van der Waals surface area contributed by atoms with Crippen molar-refractivity contribution in [3.63, 3.8) is 0 Å². The summed E-state index contributed by atoms with van der Waals surface area (Å²) >= 11 is 0. The van der Waals surface area contributed by atoms with Gasteiger partial charge >= 0.3 is 0 Å². The molecule has 2 aliphatic heterocycles. The number of alkyl halides is 2. The van der Waals surface area contributed by atoms with Crippen LogP contribution in [0.2, 0.25) is 0 Å². The van der Waals surface area contributed by atoms with Gasteiger partial charge in [-0.1, -0.05) is 45.4 Å². The quantitative estimate of drug-likeness (QED) is 0.199. The summed E-state index contributed by atoms with van der Waals surface area (Å²) in [5, 5.41) is 45.4. The molecule has 0 aromatic heterocycles. The van der Waals surface area contributed by atoms with Crippen LogP contribution in [0.3, 0.4) is 0 Å². The zero-order valence-corrected chi connectivity index (χ0v) is 28.7. The third kappa shape index (κ3) is 9.40. The lowest BCUT2D eigenvalue weighted by Gasteiger charge is -2.48. The average molecular weight is 695 g/mol. The molecular weight excluding hydrogens is 638 g/mol. The Morgan fingerprint density at radius 3 is 2.19 bits per heavy atom. The molecule has 0 radical (unpaired) electrons. The van der Waals surface area contributed by atoms with E-state index in [2.05, 4.69) is 5.32 Å². The van der Waals surface area contributed by atoms with Crippen LogP contribution in [0.15, 0.2) is 0 Å². The fourth-order valence-corrected chi connectivity index (χ4v) is 7.66. The number of aliphatic hydroxyl groups excluding tert-OH is 4. The number of carbonyl (C=O) groups is 2. The minimum atomic E-state index is -3.02. The monoisotopic (exact) mass is 694 g/mol. The van der Waals surface area contributed by atoms with Gasteiger partial charge < -0.3 is 54.3 Å². The maximum Gasteiger partial charge on any atom is 0.251 e. The Balaban J connectivity index is 1.59. The van der Waals surface area contributed by atoms with Gasteiger partial charge in [-0.15, -0.1) is 0 Å². The number of ether oxygens (including phenoxy) is 5. The first-order valence-corrected chi connectivity index (χ1v) is 17.4. The van der Waals surface area contributed by atoms with Crippen LogP contribution in [0.25, 0.3) is 0 Å². The Hall–Kier alpha value is -1.56. The summed E-state index contributed by atoms with van der Waals surface area (Å²) in [6.45, 7) is 3.99. The van der Waals surface area contributed by atoms with Crippen molar-refractivity contribution >= 4 is 11.8 Å². The van der Waals surface area contributed by atoms with Crippen molar-refractivity contribution in [2.45, 2.75) is 159 Å². The van der Waals surface area contributed by atoms with E-state index in [0.29, 0.717) is 25.7 Å². The van der Waals surface area contributed by atoms with Crippen LogP contribution >= 0.6 is 0 Å². The minimum absolute atomic E-state index is 0.182. The summed E-state index contributed by atoms with van der Waals surface area (Å²) in [5.74, 6) is -2.48. The third-order valence-electron chi connectivity index (χ3n) is 10.4. The summed E-state index contributed by atoms with van der Waals surface area (Å²) in [6, 6.07) is -1.11. The fraction of sp³-hybridized carbons (Fsp3) is 0.939. The van der Waals surface area contributed by atoms with Gasteiger partial charge in [0.05, 0.1) is 36.9 Å². The molecule has 4 aliphatic rings. The van der Waals surface area contributed by atoms with Crippen LogP contribution in [0.5, 0.6) is 0 Å². The van der Waals surface area contributed by atoms with Gasteiger partial charge in [0.1, 0.15) is 36.6 Å². The highest BCUT2D eigenvalue weighted by atomic mass is 19.3. The summed E-state index contributed by atoms with van der Waals surface area (Å²) in [6.07, 6.45) is -9.10. The van der Waals surface area contributed by atoms with Crippen molar-refractivity contribution in [2.24, 2.45) is 17.8 Å². The summed E-state index contributed by atoms with van der Waals surface area (Å²) < 4.78 is 58.4. The average Bonchev–Trinajstić information content (AvgIpc) is 3.03. The van der Waals surface area contributed by atoms with Gasteiger partial charge in [-0.05, 0) is 38.0 Å². The van der Waals surface area contributed by atoms with Gasteiger partial charge in [-0.2, -0.15) is 0 Å². The molecule has 278 valence electrons. The van der Waals surface area contributed by atoms with Gasteiger partial charge in [-0.3, -0.25) is 9.59 Å². The lowest BCUT2D eigenvalue weighted by molar-refractivity contribution is -0.337. The number of nitrogens with one attached hydrogen (secondary N) is 1. The molecule has 2 amide bonds. The number of aliphatic hydroxyl groups is 4. The van der Waals surface area contributed by atoms with Crippen molar-refractivity contribution in [3.8, 4) is 0 Å². The van der Waals surface area contributed by atoms with Crippen molar-refractivity contribution in [3.05, 3.63) is 0 Å². The van der Waals surface area contributed by atoms with Crippen LogP contribution in [0, 0.1) is 17.8 Å². The number of rotatable bonds is 12. The van der Waals surface area contributed by atoms with Crippen LogP contribution in [0.4, 0.5) is 8.78 Å². The predicted octanol–water partition coefficient (Wildman–Crippen LogP) is 1.32. The second-order valence-corrected chi connectivity index (χ2v) is 14.3. The molecule has 14 atom stereocenters. The summed E-state index contributed by atoms with van der Waals surface area (Å²) in [7, 11) is 3.24. The molecule has 48 heavy (non-hydrogen) atoms. The molecule has 13 nitrogen and oxygen atoms in total. The van der Waals surface area contributed by atoms with E-state index in [1.54, 1.807) is 14.1 Å². The van der Waals surface area contributed by atoms with E-state index in [9.17, 15) is 38.8 Å². The van der Waals surface area contributed by atoms with E-state index < -0.39 is 98.4 Å². The first-order chi connectivity index (χ1) is 22.7. The molecule has 13 unspecified atom stereocenters. The van der Waals surface area contributed by atoms with E-state index in [0.717, 1.165) is 32.1 Å².